The van der Waals surface area contributed by atoms with Crippen molar-refractivity contribution < 1.29 is 4.79 Å². The molecule has 90 valence electrons. The molecule has 1 heterocycles. The Labute approximate surface area is 105 Å². The van der Waals surface area contributed by atoms with Crippen molar-refractivity contribution in [2.75, 3.05) is 5.88 Å². The van der Waals surface area contributed by atoms with Gasteiger partial charge in [-0.2, -0.15) is 0 Å². The molecule has 0 spiro atoms. The summed E-state index contributed by atoms with van der Waals surface area (Å²) in [4.78, 5) is 12.5. The number of nitrogens with zero attached hydrogens (tertiary/aromatic N) is 2. The molecule has 0 aromatic carbocycles. The number of amides is 1. The molecule has 1 amide bonds. The van der Waals surface area contributed by atoms with Crippen LogP contribution in [0.25, 0.3) is 0 Å². The Morgan fingerprint density at radius 3 is 2.81 bits per heavy atom. The van der Waals surface area contributed by atoms with E-state index < -0.39 is 5.54 Å². The molecule has 1 aromatic heterocycles. The van der Waals surface area contributed by atoms with Gasteiger partial charge < -0.3 is 5.32 Å². The van der Waals surface area contributed by atoms with Crippen LogP contribution in [0.1, 0.15) is 42.6 Å². The average Bonchev–Trinajstić information content (AvgIpc) is 2.66. The second kappa shape index (κ2) is 5.59. The first kappa shape index (κ1) is 13.4. The Bertz CT molecular complexity index is 365. The van der Waals surface area contributed by atoms with Crippen LogP contribution in [0, 0.1) is 0 Å². The molecule has 0 bridgehead atoms. The number of hydrogen-bond acceptors (Lipinski definition) is 4. The molecule has 0 aliphatic rings. The van der Waals surface area contributed by atoms with Gasteiger partial charge in [0, 0.05) is 11.4 Å². The van der Waals surface area contributed by atoms with Crippen LogP contribution >= 0.6 is 23.1 Å². The van der Waals surface area contributed by atoms with Crippen LogP contribution < -0.4 is 5.32 Å². The highest BCUT2D eigenvalue weighted by molar-refractivity contribution is 7.08. The first-order valence-electron chi connectivity index (χ1n) is 5.20. The van der Waals surface area contributed by atoms with Gasteiger partial charge >= 0.3 is 0 Å². The summed E-state index contributed by atoms with van der Waals surface area (Å²) in [5.41, 5.74) is 0.363. The zero-order valence-electron chi connectivity index (χ0n) is 9.71. The van der Waals surface area contributed by atoms with E-state index in [1.54, 1.807) is 0 Å². The summed E-state index contributed by atoms with van der Waals surface area (Å²) in [5, 5.41) is 6.82. The van der Waals surface area contributed by atoms with E-state index in [9.17, 15) is 4.79 Å². The van der Waals surface area contributed by atoms with Crippen molar-refractivity contribution in [3.63, 3.8) is 0 Å². The van der Waals surface area contributed by atoms with Crippen molar-refractivity contribution in [1.82, 2.24) is 14.9 Å². The fourth-order valence-corrected chi connectivity index (χ4v) is 1.85. The summed E-state index contributed by atoms with van der Waals surface area (Å²) in [6.07, 6.45) is 1.73. The van der Waals surface area contributed by atoms with Gasteiger partial charge in [0.15, 0.2) is 0 Å². The predicted molar refractivity (Wildman–Crippen MR) is 66.2 cm³/mol. The largest absolute Gasteiger partial charge is 0.345 e. The van der Waals surface area contributed by atoms with E-state index in [0.717, 1.165) is 30.1 Å². The molecule has 0 unspecified atom stereocenters. The third kappa shape index (κ3) is 3.42. The summed E-state index contributed by atoms with van der Waals surface area (Å²) in [6, 6.07) is 0. The average molecular weight is 262 g/mol. The van der Waals surface area contributed by atoms with E-state index in [1.807, 2.05) is 20.8 Å². The lowest BCUT2D eigenvalue weighted by Crippen LogP contribution is -2.44. The van der Waals surface area contributed by atoms with Gasteiger partial charge in [-0.3, -0.25) is 4.79 Å². The van der Waals surface area contributed by atoms with Crippen molar-refractivity contribution in [3.8, 4) is 0 Å². The number of alkyl halides is 1. The van der Waals surface area contributed by atoms with E-state index in [0.29, 0.717) is 10.8 Å². The van der Waals surface area contributed by atoms with E-state index in [2.05, 4.69) is 14.9 Å². The smallest absolute Gasteiger partial charge is 0.265 e. The zero-order chi connectivity index (χ0) is 12.2. The van der Waals surface area contributed by atoms with Crippen molar-refractivity contribution >= 4 is 29.0 Å². The highest BCUT2D eigenvalue weighted by atomic mass is 35.5. The zero-order valence-corrected chi connectivity index (χ0v) is 11.3. The first-order valence-corrected chi connectivity index (χ1v) is 6.50. The minimum absolute atomic E-state index is 0.135. The Morgan fingerprint density at radius 1 is 1.56 bits per heavy atom. The Kier molecular flexibility index (Phi) is 4.68. The molecule has 1 rings (SSSR count). The van der Waals surface area contributed by atoms with E-state index in [-0.39, 0.29) is 5.91 Å². The molecule has 0 saturated heterocycles. The Hall–Kier alpha value is -0.680. The minimum atomic E-state index is -0.411. The molecule has 6 heteroatoms. The lowest BCUT2D eigenvalue weighted by molar-refractivity contribution is 0.0923. The normalized spacial score (nSPS) is 11.5. The number of rotatable bonds is 5. The maximum Gasteiger partial charge on any atom is 0.265 e. The molecule has 16 heavy (non-hydrogen) atoms. The van der Waals surface area contributed by atoms with Gasteiger partial charge in [-0.25, -0.2) is 0 Å². The Balaban J connectivity index is 2.76. The van der Waals surface area contributed by atoms with Crippen molar-refractivity contribution in [1.29, 1.82) is 0 Å². The molecule has 0 saturated carbocycles. The number of carbonyl (C=O) groups excluding carboxylic acids is 1. The molecular weight excluding hydrogens is 246 g/mol. The molecule has 0 fully saturated rings. The number of nitrogens with one attached hydrogen (secondary N) is 1. The number of halogens is 1. The van der Waals surface area contributed by atoms with Crippen molar-refractivity contribution in [3.05, 3.63) is 10.6 Å². The van der Waals surface area contributed by atoms with Gasteiger partial charge in [0.1, 0.15) is 4.88 Å². The Morgan fingerprint density at radius 2 is 2.25 bits per heavy atom. The van der Waals surface area contributed by atoms with E-state index >= 15 is 0 Å². The summed E-state index contributed by atoms with van der Waals surface area (Å²) in [7, 11) is 0. The van der Waals surface area contributed by atoms with Crippen LogP contribution in [-0.2, 0) is 6.42 Å². The summed E-state index contributed by atoms with van der Waals surface area (Å²) < 4.78 is 3.82. The van der Waals surface area contributed by atoms with E-state index in [1.165, 1.54) is 0 Å². The maximum atomic E-state index is 11.9. The van der Waals surface area contributed by atoms with Gasteiger partial charge in [-0.15, -0.1) is 16.7 Å². The number of carbonyl (C=O) groups is 1. The maximum absolute atomic E-state index is 11.9. The quantitative estimate of drug-likeness (QED) is 0.827. The molecule has 4 nitrogen and oxygen atoms in total. The van der Waals surface area contributed by atoms with Gasteiger partial charge in [0.25, 0.3) is 5.91 Å². The highest BCUT2D eigenvalue weighted by Crippen LogP contribution is 2.14. The summed E-state index contributed by atoms with van der Waals surface area (Å²) in [6.45, 7) is 5.81. The van der Waals surface area contributed by atoms with Crippen LogP contribution in [0.15, 0.2) is 0 Å². The fraction of sp³-hybridized carbons (Fsp3) is 0.700. The lowest BCUT2D eigenvalue weighted by Gasteiger charge is -2.22. The van der Waals surface area contributed by atoms with E-state index in [4.69, 9.17) is 11.6 Å². The fourth-order valence-electron chi connectivity index (χ4n) is 1.18. The second-order valence-corrected chi connectivity index (χ2v) is 5.29. The summed E-state index contributed by atoms with van der Waals surface area (Å²) >= 11 is 6.89. The number of hydrogen-bond donors (Lipinski definition) is 1. The molecule has 0 radical (unpaired) electrons. The van der Waals surface area contributed by atoms with Crippen molar-refractivity contribution in [2.24, 2.45) is 0 Å². The standard InChI is InChI=1S/C10H16ClN3OS/c1-4-5-7-8(16-14-13-7)9(15)12-10(2,3)6-11/h4-6H2,1-3H3,(H,12,15). The third-order valence-corrected chi connectivity index (χ3v) is 3.47. The number of aromatic nitrogens is 2. The van der Waals surface area contributed by atoms with Crippen LogP contribution in [0.5, 0.6) is 0 Å². The van der Waals surface area contributed by atoms with Gasteiger partial charge in [-0.05, 0) is 31.8 Å². The van der Waals surface area contributed by atoms with Crippen LogP contribution in [0.2, 0.25) is 0 Å². The lowest BCUT2D eigenvalue weighted by atomic mass is 10.1. The summed E-state index contributed by atoms with van der Waals surface area (Å²) in [5.74, 6) is 0.234. The molecule has 0 aliphatic heterocycles. The van der Waals surface area contributed by atoms with Crippen LogP contribution in [-0.4, -0.2) is 26.9 Å². The van der Waals surface area contributed by atoms with Gasteiger partial charge in [0.05, 0.1) is 5.69 Å². The van der Waals surface area contributed by atoms with Crippen molar-refractivity contribution in [2.45, 2.75) is 39.2 Å². The molecule has 1 N–H and O–H groups in total. The van der Waals surface area contributed by atoms with Gasteiger partial charge in [-0.1, -0.05) is 17.8 Å². The molecular formula is C10H16ClN3OS. The molecule has 0 aliphatic carbocycles. The second-order valence-electron chi connectivity index (χ2n) is 4.27. The minimum Gasteiger partial charge on any atom is -0.345 e. The predicted octanol–water partition coefficient (Wildman–Crippen LogP) is 2.24. The monoisotopic (exact) mass is 261 g/mol. The molecule has 1 aromatic rings. The first-order chi connectivity index (χ1) is 7.50. The van der Waals surface area contributed by atoms with Crippen LogP contribution in [0.4, 0.5) is 0 Å². The number of aryl methyl sites for hydroxylation is 1. The topological polar surface area (TPSA) is 54.9 Å². The van der Waals surface area contributed by atoms with Gasteiger partial charge in [0.2, 0.25) is 0 Å². The highest BCUT2D eigenvalue weighted by Gasteiger charge is 2.23. The molecule has 0 atom stereocenters. The third-order valence-electron chi connectivity index (χ3n) is 2.03. The van der Waals surface area contributed by atoms with Crippen LogP contribution in [0.3, 0.4) is 0 Å². The SMILES string of the molecule is CCCc1nnsc1C(=O)NC(C)(C)CCl.